The van der Waals surface area contributed by atoms with Crippen LogP contribution < -0.4 is 11.2 Å². The van der Waals surface area contributed by atoms with Crippen LogP contribution >= 0.6 is 0 Å². The SMILES string of the molecule is NC(=NC1CCCC1)NN1CCCCC1. The summed E-state index contributed by atoms with van der Waals surface area (Å²) < 4.78 is 0. The lowest BCUT2D eigenvalue weighted by Gasteiger charge is -2.27. The van der Waals surface area contributed by atoms with Crippen LogP contribution in [0.3, 0.4) is 0 Å². The molecule has 0 bridgehead atoms. The van der Waals surface area contributed by atoms with Crippen molar-refractivity contribution in [3.05, 3.63) is 0 Å². The lowest BCUT2D eigenvalue weighted by molar-refractivity contribution is 0.193. The van der Waals surface area contributed by atoms with Crippen molar-refractivity contribution in [2.24, 2.45) is 10.7 Å². The number of guanidine groups is 1. The molecule has 2 aliphatic rings. The van der Waals surface area contributed by atoms with Gasteiger partial charge in [-0.3, -0.25) is 5.43 Å². The summed E-state index contributed by atoms with van der Waals surface area (Å²) in [7, 11) is 0. The summed E-state index contributed by atoms with van der Waals surface area (Å²) in [5.74, 6) is 0.615. The molecule has 0 atom stereocenters. The number of piperidine rings is 1. The number of nitrogens with one attached hydrogen (secondary N) is 1. The summed E-state index contributed by atoms with van der Waals surface area (Å²) in [5, 5.41) is 2.19. The van der Waals surface area contributed by atoms with Crippen molar-refractivity contribution >= 4 is 5.96 Å². The average Bonchev–Trinajstić information content (AvgIpc) is 2.71. The molecule has 1 saturated heterocycles. The second kappa shape index (κ2) is 5.35. The van der Waals surface area contributed by atoms with E-state index in [1.54, 1.807) is 0 Å². The molecule has 0 aromatic rings. The van der Waals surface area contributed by atoms with Gasteiger partial charge in [-0.2, -0.15) is 0 Å². The fourth-order valence-corrected chi connectivity index (χ4v) is 2.43. The Kier molecular flexibility index (Phi) is 3.83. The summed E-state index contributed by atoms with van der Waals surface area (Å²) in [4.78, 5) is 4.51. The van der Waals surface area contributed by atoms with Crippen LogP contribution in [-0.4, -0.2) is 30.1 Å². The molecule has 2 fully saturated rings. The van der Waals surface area contributed by atoms with Crippen molar-refractivity contribution in [2.45, 2.75) is 51.0 Å². The number of hydrogen-bond acceptors (Lipinski definition) is 2. The zero-order valence-electron chi connectivity index (χ0n) is 9.41. The van der Waals surface area contributed by atoms with Crippen molar-refractivity contribution in [1.82, 2.24) is 10.4 Å². The van der Waals surface area contributed by atoms with E-state index in [0.717, 1.165) is 13.1 Å². The van der Waals surface area contributed by atoms with Crippen molar-refractivity contribution in [1.29, 1.82) is 0 Å². The fraction of sp³-hybridized carbons (Fsp3) is 0.909. The molecule has 0 amide bonds. The van der Waals surface area contributed by atoms with E-state index in [4.69, 9.17) is 5.73 Å². The van der Waals surface area contributed by atoms with Crippen LogP contribution in [0.2, 0.25) is 0 Å². The van der Waals surface area contributed by atoms with Gasteiger partial charge < -0.3 is 5.73 Å². The number of aliphatic imine (C=N–C) groups is 1. The lowest BCUT2D eigenvalue weighted by atomic mass is 10.2. The number of rotatable bonds is 2. The molecule has 0 unspecified atom stereocenters. The van der Waals surface area contributed by atoms with Crippen LogP contribution in [0.4, 0.5) is 0 Å². The molecular formula is C11H22N4. The van der Waals surface area contributed by atoms with Gasteiger partial charge in [-0.25, -0.2) is 10.0 Å². The zero-order chi connectivity index (χ0) is 10.5. The molecule has 15 heavy (non-hydrogen) atoms. The molecule has 0 aromatic heterocycles. The smallest absolute Gasteiger partial charge is 0.203 e. The highest BCUT2D eigenvalue weighted by Crippen LogP contribution is 2.20. The van der Waals surface area contributed by atoms with Crippen LogP contribution in [0.25, 0.3) is 0 Å². The molecule has 86 valence electrons. The molecule has 2 rings (SSSR count). The minimum atomic E-state index is 0.474. The van der Waals surface area contributed by atoms with Gasteiger partial charge in [0.25, 0.3) is 0 Å². The Bertz CT molecular complexity index is 215. The Balaban J connectivity index is 1.76. The minimum absolute atomic E-state index is 0.474. The van der Waals surface area contributed by atoms with E-state index in [1.165, 1.54) is 44.9 Å². The standard InChI is InChI=1S/C11H22N4/c12-11(13-10-6-2-3-7-10)14-15-8-4-1-5-9-15/h10H,1-9H2,(H3,12,13,14). The predicted molar refractivity (Wildman–Crippen MR) is 62.4 cm³/mol. The first-order valence-electron chi connectivity index (χ1n) is 6.19. The molecule has 1 saturated carbocycles. The minimum Gasteiger partial charge on any atom is -0.369 e. The van der Waals surface area contributed by atoms with E-state index in [0.29, 0.717) is 12.0 Å². The molecule has 4 nitrogen and oxygen atoms in total. The normalized spacial score (nSPS) is 25.7. The largest absolute Gasteiger partial charge is 0.369 e. The first kappa shape index (κ1) is 10.7. The Hall–Kier alpha value is -0.770. The predicted octanol–water partition coefficient (Wildman–Crippen LogP) is 1.23. The van der Waals surface area contributed by atoms with E-state index < -0.39 is 0 Å². The summed E-state index contributed by atoms with van der Waals surface area (Å²) in [5.41, 5.74) is 9.09. The van der Waals surface area contributed by atoms with E-state index in [1.807, 2.05) is 0 Å². The monoisotopic (exact) mass is 210 g/mol. The second-order valence-corrected chi connectivity index (χ2v) is 4.61. The molecule has 0 spiro atoms. The summed E-state index contributed by atoms with van der Waals surface area (Å²) in [6, 6.07) is 0.474. The summed E-state index contributed by atoms with van der Waals surface area (Å²) in [6.07, 6.45) is 8.92. The third-order valence-corrected chi connectivity index (χ3v) is 3.28. The van der Waals surface area contributed by atoms with Crippen LogP contribution in [-0.2, 0) is 0 Å². The summed E-state index contributed by atoms with van der Waals surface area (Å²) >= 11 is 0. The highest BCUT2D eigenvalue weighted by Gasteiger charge is 2.15. The number of nitrogens with two attached hydrogens (primary N) is 1. The van der Waals surface area contributed by atoms with Gasteiger partial charge in [-0.05, 0) is 25.7 Å². The molecule has 1 heterocycles. The molecule has 0 aromatic carbocycles. The van der Waals surface area contributed by atoms with E-state index in [2.05, 4.69) is 15.4 Å². The van der Waals surface area contributed by atoms with Crippen LogP contribution in [0.15, 0.2) is 4.99 Å². The van der Waals surface area contributed by atoms with Crippen LogP contribution in [0, 0.1) is 0 Å². The van der Waals surface area contributed by atoms with E-state index in [9.17, 15) is 0 Å². The summed E-state index contributed by atoms with van der Waals surface area (Å²) in [6.45, 7) is 2.20. The fourth-order valence-electron chi connectivity index (χ4n) is 2.43. The Morgan fingerprint density at radius 3 is 2.40 bits per heavy atom. The van der Waals surface area contributed by atoms with Gasteiger partial charge in [0.15, 0.2) is 0 Å². The van der Waals surface area contributed by atoms with Crippen LogP contribution in [0.5, 0.6) is 0 Å². The molecule has 1 aliphatic carbocycles. The van der Waals surface area contributed by atoms with Crippen molar-refractivity contribution < 1.29 is 0 Å². The van der Waals surface area contributed by atoms with E-state index >= 15 is 0 Å². The van der Waals surface area contributed by atoms with Crippen LogP contribution in [0.1, 0.15) is 44.9 Å². The molecule has 0 radical (unpaired) electrons. The van der Waals surface area contributed by atoms with Gasteiger partial charge in [-0.1, -0.05) is 19.3 Å². The number of hydrazine groups is 1. The van der Waals surface area contributed by atoms with Gasteiger partial charge >= 0.3 is 0 Å². The number of nitrogens with zero attached hydrogens (tertiary/aromatic N) is 2. The Morgan fingerprint density at radius 2 is 1.73 bits per heavy atom. The van der Waals surface area contributed by atoms with E-state index in [-0.39, 0.29) is 0 Å². The third-order valence-electron chi connectivity index (χ3n) is 3.28. The molecule has 3 N–H and O–H groups in total. The zero-order valence-corrected chi connectivity index (χ0v) is 9.41. The molecular weight excluding hydrogens is 188 g/mol. The van der Waals surface area contributed by atoms with Crippen molar-refractivity contribution in [3.8, 4) is 0 Å². The average molecular weight is 210 g/mol. The second-order valence-electron chi connectivity index (χ2n) is 4.61. The Labute approximate surface area is 91.9 Å². The van der Waals surface area contributed by atoms with Gasteiger partial charge in [0.2, 0.25) is 5.96 Å². The maximum atomic E-state index is 5.88. The quantitative estimate of drug-likeness (QED) is 0.532. The van der Waals surface area contributed by atoms with Gasteiger partial charge in [0, 0.05) is 13.1 Å². The highest BCUT2D eigenvalue weighted by molar-refractivity contribution is 5.77. The van der Waals surface area contributed by atoms with Gasteiger partial charge in [-0.15, -0.1) is 0 Å². The molecule has 4 heteroatoms. The maximum absolute atomic E-state index is 5.88. The third kappa shape index (κ3) is 3.38. The van der Waals surface area contributed by atoms with Crippen molar-refractivity contribution in [2.75, 3.05) is 13.1 Å². The van der Waals surface area contributed by atoms with Gasteiger partial charge in [0.1, 0.15) is 0 Å². The maximum Gasteiger partial charge on any atom is 0.203 e. The van der Waals surface area contributed by atoms with Crippen molar-refractivity contribution in [3.63, 3.8) is 0 Å². The topological polar surface area (TPSA) is 53.6 Å². The Morgan fingerprint density at radius 1 is 1.07 bits per heavy atom. The lowest BCUT2D eigenvalue weighted by Crippen LogP contribution is -2.48. The van der Waals surface area contributed by atoms with Gasteiger partial charge in [0.05, 0.1) is 6.04 Å². The highest BCUT2D eigenvalue weighted by atomic mass is 15.5. The molecule has 1 aliphatic heterocycles. The first-order valence-corrected chi connectivity index (χ1v) is 6.19. The first-order chi connectivity index (χ1) is 7.34. The number of hydrogen-bond donors (Lipinski definition) is 2.